The number of halogens is 1. The number of esters is 1. The van der Waals surface area contributed by atoms with Crippen LogP contribution in [-0.2, 0) is 23.9 Å². The lowest BCUT2D eigenvalue weighted by Gasteiger charge is -2.27. The molecular formula is C26H29ClN4O6. The van der Waals surface area contributed by atoms with E-state index in [0.717, 1.165) is 0 Å². The predicted octanol–water partition coefficient (Wildman–Crippen LogP) is 3.52. The average Bonchev–Trinajstić information content (AvgIpc) is 3.36. The van der Waals surface area contributed by atoms with Crippen LogP contribution in [0, 0.1) is 5.92 Å². The Bertz CT molecular complexity index is 1140. The normalized spacial score (nSPS) is 19.5. The Morgan fingerprint density at radius 1 is 1.05 bits per heavy atom. The van der Waals surface area contributed by atoms with Gasteiger partial charge in [0.25, 0.3) is 5.91 Å². The van der Waals surface area contributed by atoms with E-state index in [0.29, 0.717) is 41.7 Å². The van der Waals surface area contributed by atoms with Gasteiger partial charge in [0.15, 0.2) is 0 Å². The Labute approximate surface area is 219 Å². The van der Waals surface area contributed by atoms with Crippen molar-refractivity contribution in [1.82, 2.24) is 4.90 Å². The van der Waals surface area contributed by atoms with Gasteiger partial charge in [0.1, 0.15) is 12.6 Å². The smallest absolute Gasteiger partial charge is 0.322 e. The Morgan fingerprint density at radius 2 is 1.73 bits per heavy atom. The molecule has 10 nitrogen and oxygen atoms in total. The molecule has 2 aromatic carbocycles. The summed E-state index contributed by atoms with van der Waals surface area (Å²) in [5.74, 6) is -1.60. The molecule has 0 saturated carbocycles. The molecule has 11 heteroatoms. The molecule has 4 amide bonds. The zero-order valence-electron chi connectivity index (χ0n) is 20.4. The maximum atomic E-state index is 13.3. The van der Waals surface area contributed by atoms with E-state index < -0.39 is 29.9 Å². The highest BCUT2D eigenvalue weighted by Gasteiger charge is 2.43. The molecule has 2 N–H and O–H groups in total. The van der Waals surface area contributed by atoms with Crippen LogP contribution < -0.4 is 15.5 Å². The van der Waals surface area contributed by atoms with Crippen molar-refractivity contribution in [3.63, 3.8) is 0 Å². The van der Waals surface area contributed by atoms with Gasteiger partial charge in [-0.2, -0.15) is 0 Å². The lowest BCUT2D eigenvalue weighted by Crippen LogP contribution is -2.45. The third-order valence-corrected chi connectivity index (χ3v) is 6.43. The van der Waals surface area contributed by atoms with Crippen molar-refractivity contribution in [2.75, 3.05) is 48.4 Å². The summed E-state index contributed by atoms with van der Waals surface area (Å²) in [6, 6.07) is 12.1. The maximum Gasteiger partial charge on any atom is 0.322 e. The van der Waals surface area contributed by atoms with Crippen molar-refractivity contribution in [3.05, 3.63) is 53.6 Å². The average molecular weight is 529 g/mol. The third kappa shape index (κ3) is 6.58. The Morgan fingerprint density at radius 3 is 2.41 bits per heavy atom. The summed E-state index contributed by atoms with van der Waals surface area (Å²) in [4.78, 5) is 54.0. The molecule has 2 heterocycles. The van der Waals surface area contributed by atoms with Gasteiger partial charge in [-0.25, -0.2) is 4.79 Å². The fraction of sp³-hybridized carbons (Fsp3) is 0.385. The minimum atomic E-state index is -0.882. The second-order valence-electron chi connectivity index (χ2n) is 8.84. The van der Waals surface area contributed by atoms with E-state index in [1.165, 1.54) is 4.90 Å². The number of hydrogen-bond acceptors (Lipinski definition) is 6. The van der Waals surface area contributed by atoms with E-state index in [9.17, 15) is 19.2 Å². The van der Waals surface area contributed by atoms with Gasteiger partial charge >= 0.3 is 12.0 Å². The number of nitrogens with one attached hydrogen (secondary N) is 2. The number of urea groups is 1. The van der Waals surface area contributed by atoms with Gasteiger partial charge < -0.3 is 29.9 Å². The topological polar surface area (TPSA) is 117 Å². The van der Waals surface area contributed by atoms with Crippen molar-refractivity contribution in [1.29, 1.82) is 0 Å². The van der Waals surface area contributed by atoms with Crippen LogP contribution >= 0.6 is 11.6 Å². The summed E-state index contributed by atoms with van der Waals surface area (Å²) < 4.78 is 10.4. The molecule has 2 atom stereocenters. The second-order valence-corrected chi connectivity index (χ2v) is 9.28. The van der Waals surface area contributed by atoms with Crippen LogP contribution in [0.5, 0.6) is 0 Å². The van der Waals surface area contributed by atoms with Crippen LogP contribution in [0.1, 0.15) is 19.8 Å². The van der Waals surface area contributed by atoms with Crippen LogP contribution in [0.2, 0.25) is 5.02 Å². The Hall–Kier alpha value is -3.63. The first-order valence-electron chi connectivity index (χ1n) is 12.1. The molecule has 0 aliphatic carbocycles. The van der Waals surface area contributed by atoms with E-state index in [-0.39, 0.29) is 32.1 Å². The SMILES string of the molecule is CCCOC(=O)[C@@H]1C[C@H](C(=O)Nc2ccc(N3CCOCC3=O)cc2)N(C(=O)Nc2ccc(Cl)cc2)C1. The molecule has 0 spiro atoms. The lowest BCUT2D eigenvalue weighted by molar-refractivity contribution is -0.148. The number of carbonyl (C=O) groups excluding carboxylic acids is 4. The van der Waals surface area contributed by atoms with Gasteiger partial charge in [0.05, 0.1) is 19.1 Å². The molecular weight excluding hydrogens is 500 g/mol. The number of amides is 4. The van der Waals surface area contributed by atoms with Crippen LogP contribution in [-0.4, -0.2) is 67.7 Å². The minimum absolute atomic E-state index is 0.0376. The molecule has 0 radical (unpaired) electrons. The van der Waals surface area contributed by atoms with Crippen molar-refractivity contribution in [2.24, 2.45) is 5.92 Å². The lowest BCUT2D eigenvalue weighted by atomic mass is 10.1. The maximum absolute atomic E-state index is 13.3. The van der Waals surface area contributed by atoms with Crippen molar-refractivity contribution in [2.45, 2.75) is 25.8 Å². The number of benzene rings is 2. The number of ether oxygens (including phenoxy) is 2. The number of nitrogens with zero attached hydrogens (tertiary/aromatic N) is 2. The molecule has 0 bridgehead atoms. The van der Waals surface area contributed by atoms with Gasteiger partial charge in [-0.3, -0.25) is 14.4 Å². The zero-order valence-corrected chi connectivity index (χ0v) is 21.2. The molecule has 2 fully saturated rings. The van der Waals surface area contributed by atoms with Gasteiger partial charge in [0, 0.05) is 35.2 Å². The predicted molar refractivity (Wildman–Crippen MR) is 139 cm³/mol. The van der Waals surface area contributed by atoms with Crippen LogP contribution in [0.25, 0.3) is 0 Å². The minimum Gasteiger partial charge on any atom is -0.465 e. The summed E-state index contributed by atoms with van der Waals surface area (Å²) in [6.07, 6.45) is 0.817. The molecule has 196 valence electrons. The summed E-state index contributed by atoms with van der Waals surface area (Å²) in [5, 5.41) is 6.11. The van der Waals surface area contributed by atoms with Crippen molar-refractivity contribution >= 4 is 52.5 Å². The number of morpholine rings is 1. The highest BCUT2D eigenvalue weighted by atomic mass is 35.5. The molecule has 2 aliphatic heterocycles. The summed E-state index contributed by atoms with van der Waals surface area (Å²) in [5.41, 5.74) is 1.72. The number of anilines is 3. The summed E-state index contributed by atoms with van der Waals surface area (Å²) in [6.45, 7) is 3.18. The quantitative estimate of drug-likeness (QED) is 0.531. The Kier molecular flexibility index (Phi) is 8.62. The highest BCUT2D eigenvalue weighted by Crippen LogP contribution is 2.28. The number of likely N-dealkylation sites (tertiary alicyclic amines) is 1. The van der Waals surface area contributed by atoms with E-state index in [2.05, 4.69) is 10.6 Å². The monoisotopic (exact) mass is 528 g/mol. The molecule has 0 aromatic heterocycles. The van der Waals surface area contributed by atoms with Gasteiger partial charge in [0.2, 0.25) is 5.91 Å². The van der Waals surface area contributed by atoms with Crippen molar-refractivity contribution in [3.8, 4) is 0 Å². The molecule has 37 heavy (non-hydrogen) atoms. The first-order chi connectivity index (χ1) is 17.9. The largest absolute Gasteiger partial charge is 0.465 e. The number of carbonyl (C=O) groups is 4. The number of rotatable bonds is 7. The second kappa shape index (κ2) is 12.1. The zero-order chi connectivity index (χ0) is 26.4. The molecule has 0 unspecified atom stereocenters. The molecule has 2 saturated heterocycles. The third-order valence-electron chi connectivity index (χ3n) is 6.17. The van der Waals surface area contributed by atoms with Gasteiger partial charge in [-0.1, -0.05) is 18.5 Å². The van der Waals surface area contributed by atoms with E-state index >= 15 is 0 Å². The van der Waals surface area contributed by atoms with E-state index in [4.69, 9.17) is 21.1 Å². The van der Waals surface area contributed by atoms with Crippen LogP contribution in [0.15, 0.2) is 48.5 Å². The van der Waals surface area contributed by atoms with E-state index in [1.54, 1.807) is 53.4 Å². The first-order valence-corrected chi connectivity index (χ1v) is 12.5. The molecule has 4 rings (SSSR count). The highest BCUT2D eigenvalue weighted by molar-refractivity contribution is 6.30. The van der Waals surface area contributed by atoms with Crippen LogP contribution in [0.3, 0.4) is 0 Å². The summed E-state index contributed by atoms with van der Waals surface area (Å²) in [7, 11) is 0. The number of hydrogen-bond donors (Lipinski definition) is 2. The first kappa shape index (κ1) is 26.4. The van der Waals surface area contributed by atoms with Crippen molar-refractivity contribution < 1.29 is 28.7 Å². The van der Waals surface area contributed by atoms with Gasteiger partial charge in [-0.05, 0) is 61.4 Å². The van der Waals surface area contributed by atoms with Crippen LogP contribution in [0.4, 0.5) is 21.9 Å². The summed E-state index contributed by atoms with van der Waals surface area (Å²) >= 11 is 5.92. The molecule has 2 aromatic rings. The van der Waals surface area contributed by atoms with E-state index in [1.807, 2.05) is 6.92 Å². The molecule has 2 aliphatic rings. The standard InChI is InChI=1S/C26H29ClN4O6/c1-2-12-37-25(34)17-14-22(31(15-17)26(35)29-20-5-3-18(27)4-6-20)24(33)28-19-7-9-21(10-8-19)30-11-13-36-16-23(30)32/h3-10,17,22H,2,11-16H2,1H3,(H,28,33)(H,29,35)/t17-,22-/m1/s1. The fourth-order valence-electron chi connectivity index (χ4n) is 4.27. The van der Waals surface area contributed by atoms with Gasteiger partial charge in [-0.15, -0.1) is 0 Å². The fourth-order valence-corrected chi connectivity index (χ4v) is 4.40. The Balaban J connectivity index is 1.46.